The molecule has 0 saturated carbocycles. The zero-order valence-electron chi connectivity index (χ0n) is 12.9. The van der Waals surface area contributed by atoms with Crippen LogP contribution in [0.1, 0.15) is 54.4 Å². The zero-order chi connectivity index (χ0) is 14.7. The summed E-state index contributed by atoms with van der Waals surface area (Å²) in [5.74, 6) is -0.333. The Kier molecular flexibility index (Phi) is 5.22. The second kappa shape index (κ2) is 6.10. The lowest BCUT2D eigenvalue weighted by molar-refractivity contribution is -0.137. The average Bonchev–Trinajstić information content (AvgIpc) is 2.48. The Morgan fingerprint density at radius 1 is 1.16 bits per heavy atom. The molecule has 5 heteroatoms. The molecule has 1 rings (SSSR count). The molecule has 1 fully saturated rings. The fourth-order valence-electron chi connectivity index (χ4n) is 1.88. The number of ether oxygens (including phenoxy) is 1. The fraction of sp³-hybridized carbons (Fsp3) is 0.786. The molecule has 0 unspecified atom stereocenters. The van der Waals surface area contributed by atoms with Crippen LogP contribution in [0.2, 0.25) is 0 Å². The molecule has 4 nitrogen and oxygen atoms in total. The molecule has 1 aliphatic heterocycles. The summed E-state index contributed by atoms with van der Waals surface area (Å²) in [7, 11) is -0.464. The van der Waals surface area contributed by atoms with Crippen molar-refractivity contribution in [1.82, 2.24) is 0 Å². The van der Waals surface area contributed by atoms with Gasteiger partial charge in [0.05, 0.1) is 17.8 Å². The van der Waals surface area contributed by atoms with E-state index in [-0.39, 0.29) is 17.2 Å². The molecule has 0 amide bonds. The molecule has 0 bridgehead atoms. The highest BCUT2D eigenvalue weighted by Crippen LogP contribution is 2.39. The van der Waals surface area contributed by atoms with Gasteiger partial charge in [0.1, 0.15) is 0 Å². The van der Waals surface area contributed by atoms with Crippen molar-refractivity contribution in [2.24, 2.45) is 0 Å². The van der Waals surface area contributed by atoms with Crippen LogP contribution >= 0.6 is 0 Å². The molecule has 108 valence electrons. The van der Waals surface area contributed by atoms with E-state index in [1.807, 2.05) is 27.7 Å². The van der Waals surface area contributed by atoms with Gasteiger partial charge in [0.25, 0.3) is 0 Å². The van der Waals surface area contributed by atoms with Crippen LogP contribution in [0.25, 0.3) is 0 Å². The number of hydrogen-bond acceptors (Lipinski definition) is 4. The van der Waals surface area contributed by atoms with Crippen molar-refractivity contribution in [2.45, 2.75) is 65.6 Å². The number of esters is 1. The molecular weight excluding hydrogens is 243 g/mol. The van der Waals surface area contributed by atoms with Gasteiger partial charge in [0.15, 0.2) is 0 Å². The third-order valence-electron chi connectivity index (χ3n) is 3.68. The van der Waals surface area contributed by atoms with Crippen LogP contribution in [0, 0.1) is 0 Å². The monoisotopic (exact) mass is 268 g/mol. The molecule has 0 radical (unpaired) electrons. The quantitative estimate of drug-likeness (QED) is 0.437. The number of rotatable bonds is 5. The summed E-state index contributed by atoms with van der Waals surface area (Å²) in [6.45, 7) is 12.2. The third-order valence-corrected chi connectivity index (χ3v) is 3.68. The van der Waals surface area contributed by atoms with E-state index >= 15 is 0 Å². The van der Waals surface area contributed by atoms with Crippen LogP contribution in [0.5, 0.6) is 0 Å². The standard InChI is InChI=1S/C14H25BO4/c1-7-9-11(10-12(16)17-8-2)15-18-13(3,4)14(5,6)19-15/h10H,7-9H2,1-6H3/b11-10+. The first-order valence-corrected chi connectivity index (χ1v) is 6.96. The number of hydrogen-bond donors (Lipinski definition) is 0. The minimum atomic E-state index is -0.464. The van der Waals surface area contributed by atoms with Gasteiger partial charge in [0.2, 0.25) is 0 Å². The van der Waals surface area contributed by atoms with E-state index in [0.29, 0.717) is 6.61 Å². The van der Waals surface area contributed by atoms with Gasteiger partial charge >= 0.3 is 13.1 Å². The number of carbonyl (C=O) groups excluding carboxylic acids is 1. The first-order chi connectivity index (χ1) is 8.73. The van der Waals surface area contributed by atoms with Crippen LogP contribution in [-0.4, -0.2) is 30.9 Å². The van der Waals surface area contributed by atoms with E-state index in [9.17, 15) is 4.79 Å². The SMILES string of the molecule is CCC/C(=C\C(=O)OCC)B1OC(C)(C)C(C)(C)O1. The Morgan fingerprint density at radius 2 is 1.68 bits per heavy atom. The van der Waals surface area contributed by atoms with Crippen molar-refractivity contribution in [3.63, 3.8) is 0 Å². The summed E-state index contributed by atoms with van der Waals surface area (Å²) in [6, 6.07) is 0. The molecule has 0 aliphatic carbocycles. The first kappa shape index (κ1) is 16.2. The van der Waals surface area contributed by atoms with Crippen molar-refractivity contribution in [3.8, 4) is 0 Å². The Morgan fingerprint density at radius 3 is 2.11 bits per heavy atom. The van der Waals surface area contributed by atoms with Gasteiger partial charge < -0.3 is 14.0 Å². The normalized spacial score (nSPS) is 21.6. The van der Waals surface area contributed by atoms with Crippen molar-refractivity contribution < 1.29 is 18.8 Å². The van der Waals surface area contributed by atoms with E-state index in [1.165, 1.54) is 6.08 Å². The van der Waals surface area contributed by atoms with Gasteiger partial charge in [-0.3, -0.25) is 0 Å². The van der Waals surface area contributed by atoms with E-state index in [2.05, 4.69) is 6.92 Å². The lowest BCUT2D eigenvalue weighted by Crippen LogP contribution is -2.41. The highest BCUT2D eigenvalue weighted by atomic mass is 16.7. The van der Waals surface area contributed by atoms with E-state index in [4.69, 9.17) is 14.0 Å². The molecule has 0 atom stereocenters. The second-order valence-corrected chi connectivity index (χ2v) is 5.81. The number of carbonyl (C=O) groups is 1. The second-order valence-electron chi connectivity index (χ2n) is 5.81. The van der Waals surface area contributed by atoms with Crippen LogP contribution in [-0.2, 0) is 18.8 Å². The molecular formula is C14H25BO4. The smallest absolute Gasteiger partial charge is 0.463 e. The number of allylic oxidation sites excluding steroid dienone is 1. The lowest BCUT2D eigenvalue weighted by Gasteiger charge is -2.32. The summed E-state index contributed by atoms with van der Waals surface area (Å²) in [4.78, 5) is 11.6. The van der Waals surface area contributed by atoms with Gasteiger partial charge in [-0.25, -0.2) is 4.79 Å². The van der Waals surface area contributed by atoms with Gasteiger partial charge in [-0.2, -0.15) is 0 Å². The summed E-state index contributed by atoms with van der Waals surface area (Å²) >= 11 is 0. The molecule has 0 spiro atoms. The molecule has 19 heavy (non-hydrogen) atoms. The molecule has 1 aliphatic rings. The largest absolute Gasteiger partial charge is 0.490 e. The van der Waals surface area contributed by atoms with E-state index < -0.39 is 7.12 Å². The maximum absolute atomic E-state index is 11.6. The summed E-state index contributed by atoms with van der Waals surface area (Å²) in [6.07, 6.45) is 3.19. The van der Waals surface area contributed by atoms with Gasteiger partial charge in [-0.15, -0.1) is 0 Å². The van der Waals surface area contributed by atoms with Gasteiger partial charge in [0, 0.05) is 6.08 Å². The van der Waals surface area contributed by atoms with Crippen LogP contribution in [0.4, 0.5) is 0 Å². The topological polar surface area (TPSA) is 44.8 Å². The predicted molar refractivity (Wildman–Crippen MR) is 75.7 cm³/mol. The Labute approximate surface area is 116 Å². The Balaban J connectivity index is 2.88. The van der Waals surface area contributed by atoms with Crippen LogP contribution < -0.4 is 0 Å². The first-order valence-electron chi connectivity index (χ1n) is 6.96. The van der Waals surface area contributed by atoms with Crippen molar-refractivity contribution >= 4 is 13.1 Å². The molecule has 0 N–H and O–H groups in total. The highest BCUT2D eigenvalue weighted by molar-refractivity contribution is 6.55. The lowest BCUT2D eigenvalue weighted by atomic mass is 9.75. The molecule has 1 heterocycles. The van der Waals surface area contributed by atoms with Crippen molar-refractivity contribution in [2.75, 3.05) is 6.61 Å². The average molecular weight is 268 g/mol. The van der Waals surface area contributed by atoms with E-state index in [1.54, 1.807) is 6.92 Å². The van der Waals surface area contributed by atoms with Crippen LogP contribution in [0.15, 0.2) is 11.5 Å². The molecule has 0 aromatic heterocycles. The maximum atomic E-state index is 11.6. The Hall–Kier alpha value is -0.805. The van der Waals surface area contributed by atoms with Crippen LogP contribution in [0.3, 0.4) is 0 Å². The Bertz CT molecular complexity index is 344. The van der Waals surface area contributed by atoms with Gasteiger partial charge in [-0.05, 0) is 46.5 Å². The third kappa shape index (κ3) is 3.83. The van der Waals surface area contributed by atoms with Crippen molar-refractivity contribution in [1.29, 1.82) is 0 Å². The van der Waals surface area contributed by atoms with E-state index in [0.717, 1.165) is 18.3 Å². The minimum Gasteiger partial charge on any atom is -0.463 e. The fourth-order valence-corrected chi connectivity index (χ4v) is 1.88. The summed E-state index contributed by atoms with van der Waals surface area (Å²) in [5.41, 5.74) is 0.0674. The molecule has 0 aromatic rings. The molecule has 0 aromatic carbocycles. The van der Waals surface area contributed by atoms with Crippen molar-refractivity contribution in [3.05, 3.63) is 11.5 Å². The molecule has 1 saturated heterocycles. The zero-order valence-corrected chi connectivity index (χ0v) is 12.9. The predicted octanol–water partition coefficient (Wildman–Crippen LogP) is 2.91. The summed E-state index contributed by atoms with van der Waals surface area (Å²) < 4.78 is 16.9. The van der Waals surface area contributed by atoms with Gasteiger partial charge in [-0.1, -0.05) is 13.3 Å². The maximum Gasteiger partial charge on any atom is 0.490 e. The highest BCUT2D eigenvalue weighted by Gasteiger charge is 2.52. The minimum absolute atomic E-state index is 0.333. The summed E-state index contributed by atoms with van der Waals surface area (Å²) in [5, 5.41) is 0.